The van der Waals surface area contributed by atoms with Gasteiger partial charge in [-0.25, -0.2) is 4.98 Å². The van der Waals surface area contributed by atoms with Crippen LogP contribution in [0.3, 0.4) is 0 Å². The third-order valence-electron chi connectivity index (χ3n) is 2.89. The number of allylic oxidation sites excluding steroid dienone is 1. The summed E-state index contributed by atoms with van der Waals surface area (Å²) in [6.07, 6.45) is 6.12. The fourth-order valence-electron chi connectivity index (χ4n) is 2.11. The summed E-state index contributed by atoms with van der Waals surface area (Å²) in [6.45, 7) is 1.03. The molecule has 0 spiro atoms. The number of hydrogen-bond acceptors (Lipinski definition) is 2. The van der Waals surface area contributed by atoms with Crippen molar-refractivity contribution < 1.29 is 4.39 Å². The zero-order valence-electron chi connectivity index (χ0n) is 8.76. The van der Waals surface area contributed by atoms with Gasteiger partial charge in [0, 0.05) is 29.9 Å². The highest BCUT2D eigenvalue weighted by Crippen LogP contribution is 2.27. The summed E-state index contributed by atoms with van der Waals surface area (Å²) in [6, 6.07) is 3.18. The molecule has 0 radical (unpaired) electrons. The Balaban J connectivity index is 2.13. The molecule has 4 heteroatoms. The standard InChI is InChI=1S/C12H12FN3/c13-11-4-3-9-10(7-15-12(9)16-11)8-2-1-5-14-6-8/h3-4,6-7,14H,1-2,5H2,(H,15,16). The van der Waals surface area contributed by atoms with Crippen molar-refractivity contribution in [3.05, 3.63) is 36.0 Å². The molecule has 3 nitrogen and oxygen atoms in total. The van der Waals surface area contributed by atoms with Gasteiger partial charge in [0.15, 0.2) is 0 Å². The molecule has 1 aliphatic heterocycles. The van der Waals surface area contributed by atoms with Gasteiger partial charge in [0.05, 0.1) is 0 Å². The van der Waals surface area contributed by atoms with Crippen molar-refractivity contribution in [2.45, 2.75) is 12.8 Å². The van der Waals surface area contributed by atoms with E-state index in [9.17, 15) is 4.39 Å². The van der Waals surface area contributed by atoms with Gasteiger partial charge in [-0.05, 0) is 30.5 Å². The van der Waals surface area contributed by atoms with Gasteiger partial charge in [-0.2, -0.15) is 4.39 Å². The topological polar surface area (TPSA) is 40.7 Å². The molecule has 2 N–H and O–H groups in total. The van der Waals surface area contributed by atoms with Crippen molar-refractivity contribution in [3.8, 4) is 0 Å². The molecular formula is C12H12FN3. The lowest BCUT2D eigenvalue weighted by Crippen LogP contribution is -2.12. The van der Waals surface area contributed by atoms with E-state index in [0.29, 0.717) is 5.65 Å². The molecule has 2 aromatic rings. The van der Waals surface area contributed by atoms with Crippen LogP contribution in [0.1, 0.15) is 18.4 Å². The molecule has 0 bridgehead atoms. The molecule has 3 rings (SSSR count). The Hall–Kier alpha value is -1.84. The molecule has 0 aromatic carbocycles. The Morgan fingerprint density at radius 3 is 3.06 bits per heavy atom. The normalized spacial score (nSPS) is 15.9. The van der Waals surface area contributed by atoms with Crippen LogP contribution in [0.4, 0.5) is 4.39 Å². The van der Waals surface area contributed by atoms with Crippen molar-refractivity contribution in [1.82, 2.24) is 15.3 Å². The van der Waals surface area contributed by atoms with Crippen molar-refractivity contribution in [2.75, 3.05) is 6.54 Å². The van der Waals surface area contributed by atoms with Gasteiger partial charge in [0.1, 0.15) is 5.65 Å². The second-order valence-corrected chi connectivity index (χ2v) is 3.96. The van der Waals surface area contributed by atoms with Crippen LogP contribution in [0.5, 0.6) is 0 Å². The van der Waals surface area contributed by atoms with Crippen LogP contribution < -0.4 is 5.32 Å². The predicted molar refractivity (Wildman–Crippen MR) is 61.3 cm³/mol. The summed E-state index contributed by atoms with van der Waals surface area (Å²) in [4.78, 5) is 6.83. The van der Waals surface area contributed by atoms with E-state index in [1.807, 2.05) is 12.4 Å². The Kier molecular flexibility index (Phi) is 2.13. The van der Waals surface area contributed by atoms with Crippen LogP contribution in [0.2, 0.25) is 0 Å². The Morgan fingerprint density at radius 2 is 2.25 bits per heavy atom. The number of nitrogens with zero attached hydrogens (tertiary/aromatic N) is 1. The molecular weight excluding hydrogens is 205 g/mol. The molecule has 0 atom stereocenters. The van der Waals surface area contributed by atoms with Crippen molar-refractivity contribution >= 4 is 16.6 Å². The summed E-state index contributed by atoms with van der Waals surface area (Å²) in [7, 11) is 0. The van der Waals surface area contributed by atoms with Gasteiger partial charge in [0.25, 0.3) is 0 Å². The first-order valence-electron chi connectivity index (χ1n) is 5.41. The molecule has 0 saturated carbocycles. The molecule has 0 aliphatic carbocycles. The van der Waals surface area contributed by atoms with E-state index in [1.165, 1.54) is 11.6 Å². The van der Waals surface area contributed by atoms with Crippen LogP contribution in [0, 0.1) is 5.95 Å². The van der Waals surface area contributed by atoms with Crippen LogP contribution in [-0.4, -0.2) is 16.5 Å². The van der Waals surface area contributed by atoms with E-state index in [-0.39, 0.29) is 0 Å². The maximum Gasteiger partial charge on any atom is 0.214 e. The quantitative estimate of drug-likeness (QED) is 0.720. The number of rotatable bonds is 1. The summed E-state index contributed by atoms with van der Waals surface area (Å²) in [5.41, 5.74) is 2.99. The maximum atomic E-state index is 12.9. The number of hydrogen-bond donors (Lipinski definition) is 2. The van der Waals surface area contributed by atoms with E-state index >= 15 is 0 Å². The number of aromatic amines is 1. The van der Waals surface area contributed by atoms with Crippen LogP contribution >= 0.6 is 0 Å². The molecule has 3 heterocycles. The zero-order chi connectivity index (χ0) is 11.0. The molecule has 2 aromatic heterocycles. The monoisotopic (exact) mass is 217 g/mol. The smallest absolute Gasteiger partial charge is 0.214 e. The highest BCUT2D eigenvalue weighted by molar-refractivity contribution is 5.90. The highest BCUT2D eigenvalue weighted by atomic mass is 19.1. The Bertz CT molecular complexity index is 556. The lowest BCUT2D eigenvalue weighted by Gasteiger charge is -2.13. The van der Waals surface area contributed by atoms with Crippen molar-refractivity contribution in [2.24, 2.45) is 0 Å². The molecule has 0 amide bonds. The van der Waals surface area contributed by atoms with Crippen LogP contribution in [0.15, 0.2) is 24.5 Å². The molecule has 16 heavy (non-hydrogen) atoms. The fraction of sp³-hybridized carbons (Fsp3) is 0.250. The third kappa shape index (κ3) is 1.46. The summed E-state index contributed by atoms with van der Waals surface area (Å²) in [5, 5.41) is 4.21. The second kappa shape index (κ2) is 3.63. The minimum Gasteiger partial charge on any atom is -0.391 e. The number of halogens is 1. The van der Waals surface area contributed by atoms with Gasteiger partial charge in [0.2, 0.25) is 5.95 Å². The Labute approximate surface area is 92.4 Å². The molecule has 0 unspecified atom stereocenters. The van der Waals surface area contributed by atoms with Gasteiger partial charge in [-0.3, -0.25) is 0 Å². The minimum atomic E-state index is -0.448. The summed E-state index contributed by atoms with van der Waals surface area (Å²) in [5.74, 6) is -0.448. The van der Waals surface area contributed by atoms with E-state index in [2.05, 4.69) is 15.3 Å². The van der Waals surface area contributed by atoms with Gasteiger partial charge in [-0.15, -0.1) is 0 Å². The molecule has 82 valence electrons. The maximum absolute atomic E-state index is 12.9. The average Bonchev–Trinajstić information content (AvgIpc) is 2.73. The highest BCUT2D eigenvalue weighted by Gasteiger charge is 2.11. The predicted octanol–water partition coefficient (Wildman–Crippen LogP) is 2.43. The molecule has 0 saturated heterocycles. The first-order valence-corrected chi connectivity index (χ1v) is 5.41. The van der Waals surface area contributed by atoms with E-state index < -0.39 is 5.95 Å². The van der Waals surface area contributed by atoms with Gasteiger partial charge < -0.3 is 10.3 Å². The average molecular weight is 217 g/mol. The molecule has 0 fully saturated rings. The van der Waals surface area contributed by atoms with Gasteiger partial charge in [-0.1, -0.05) is 0 Å². The number of H-pyrrole nitrogens is 1. The fourth-order valence-corrected chi connectivity index (χ4v) is 2.11. The number of nitrogens with one attached hydrogen (secondary N) is 2. The first kappa shape index (κ1) is 9.39. The van der Waals surface area contributed by atoms with E-state index in [4.69, 9.17) is 0 Å². The zero-order valence-corrected chi connectivity index (χ0v) is 8.76. The summed E-state index contributed by atoms with van der Waals surface area (Å²) < 4.78 is 12.9. The van der Waals surface area contributed by atoms with E-state index in [0.717, 1.165) is 30.3 Å². The lowest BCUT2D eigenvalue weighted by molar-refractivity contribution is 0.588. The van der Waals surface area contributed by atoms with Crippen LogP contribution in [-0.2, 0) is 0 Å². The van der Waals surface area contributed by atoms with Gasteiger partial charge >= 0.3 is 0 Å². The summed E-state index contributed by atoms with van der Waals surface area (Å²) >= 11 is 0. The first-order chi connectivity index (χ1) is 7.84. The van der Waals surface area contributed by atoms with Crippen molar-refractivity contribution in [1.29, 1.82) is 0 Å². The number of pyridine rings is 1. The number of aromatic nitrogens is 2. The minimum absolute atomic E-state index is 0.448. The molecule has 1 aliphatic rings. The largest absolute Gasteiger partial charge is 0.391 e. The number of fused-ring (bicyclic) bond motifs is 1. The lowest BCUT2D eigenvalue weighted by atomic mass is 10.0. The SMILES string of the molecule is Fc1ccc2c(C3=CNCCC3)c[nH]c2n1. The van der Waals surface area contributed by atoms with Crippen LogP contribution in [0.25, 0.3) is 16.6 Å². The van der Waals surface area contributed by atoms with E-state index in [1.54, 1.807) is 6.07 Å². The van der Waals surface area contributed by atoms with Crippen molar-refractivity contribution in [3.63, 3.8) is 0 Å². The third-order valence-corrected chi connectivity index (χ3v) is 2.89. The Morgan fingerprint density at radius 1 is 1.31 bits per heavy atom. The second-order valence-electron chi connectivity index (χ2n) is 3.96.